The van der Waals surface area contributed by atoms with E-state index in [1.54, 1.807) is 0 Å². The van der Waals surface area contributed by atoms with Crippen molar-refractivity contribution in [3.05, 3.63) is 0 Å². The van der Waals surface area contributed by atoms with E-state index in [4.69, 9.17) is 5.11 Å². The first-order valence-electron chi connectivity index (χ1n) is 4.66. The lowest BCUT2D eigenvalue weighted by Gasteiger charge is -2.27. The molecule has 0 saturated heterocycles. The maximum Gasteiger partial charge on any atom is 0.323 e. The monoisotopic (exact) mass is 237 g/mol. The number of carbonyl (C=O) groups is 1. The third-order valence-corrected chi connectivity index (χ3v) is 4.02. The molecule has 0 aromatic heterocycles. The molecule has 0 amide bonds. The molecule has 0 fully saturated rings. The third-order valence-electron chi connectivity index (χ3n) is 1.93. The zero-order valence-electron chi connectivity index (χ0n) is 9.81. The molecule has 0 rings (SSSR count). The molecule has 0 saturated carbocycles. The van der Waals surface area contributed by atoms with Crippen molar-refractivity contribution in [2.45, 2.75) is 32.9 Å². The Morgan fingerprint density at radius 1 is 1.40 bits per heavy atom. The lowest BCUT2D eigenvalue weighted by molar-refractivity contribution is -0.136. The van der Waals surface area contributed by atoms with Crippen LogP contribution in [0.3, 0.4) is 0 Å². The van der Waals surface area contributed by atoms with Crippen molar-refractivity contribution in [2.24, 2.45) is 5.41 Å². The Balaban J connectivity index is 4.83. The molecule has 5 nitrogen and oxygen atoms in total. The second-order valence-corrected chi connectivity index (χ2v) is 7.20. The van der Waals surface area contributed by atoms with Gasteiger partial charge in [0.05, 0.1) is 0 Å². The van der Waals surface area contributed by atoms with Gasteiger partial charge in [0.25, 0.3) is 0 Å². The molecule has 0 aliphatic heterocycles. The van der Waals surface area contributed by atoms with Crippen LogP contribution in [0.15, 0.2) is 0 Å². The van der Waals surface area contributed by atoms with E-state index in [9.17, 15) is 13.2 Å². The van der Waals surface area contributed by atoms with E-state index in [-0.39, 0.29) is 5.41 Å². The van der Waals surface area contributed by atoms with Crippen LogP contribution in [0.5, 0.6) is 0 Å². The number of sulfonamides is 1. The Hall–Kier alpha value is -0.620. The normalized spacial score (nSPS) is 15.3. The molecule has 0 radical (unpaired) electrons. The van der Waals surface area contributed by atoms with Gasteiger partial charge < -0.3 is 5.11 Å². The lowest BCUT2D eigenvalue weighted by Crippen LogP contribution is -2.42. The van der Waals surface area contributed by atoms with E-state index in [1.165, 1.54) is 14.0 Å². The Bertz CT molecular complexity index is 329. The van der Waals surface area contributed by atoms with Crippen molar-refractivity contribution in [1.29, 1.82) is 0 Å². The van der Waals surface area contributed by atoms with Gasteiger partial charge in [-0.05, 0) is 12.3 Å². The third kappa shape index (κ3) is 4.17. The number of hydrogen-bond donors (Lipinski definition) is 1. The average Bonchev–Trinajstić information content (AvgIpc) is 1.99. The van der Waals surface area contributed by atoms with E-state index < -0.39 is 21.2 Å². The van der Waals surface area contributed by atoms with Gasteiger partial charge in [-0.25, -0.2) is 12.7 Å². The zero-order chi connectivity index (χ0) is 12.4. The minimum atomic E-state index is -3.74. The van der Waals surface area contributed by atoms with Crippen LogP contribution >= 0.6 is 0 Å². The van der Waals surface area contributed by atoms with Crippen molar-refractivity contribution >= 4 is 16.0 Å². The summed E-state index contributed by atoms with van der Waals surface area (Å²) in [7, 11) is -2.33. The predicted octanol–water partition coefficient (Wildman–Crippen LogP) is 0.767. The molecule has 0 spiro atoms. The van der Waals surface area contributed by atoms with Crippen molar-refractivity contribution < 1.29 is 18.3 Å². The Kier molecular flexibility index (Phi) is 4.30. The van der Waals surface area contributed by atoms with Gasteiger partial charge in [-0.15, -0.1) is 0 Å². The Labute approximate surface area is 91.1 Å². The first kappa shape index (κ1) is 14.4. The Morgan fingerprint density at radius 2 is 1.80 bits per heavy atom. The quantitative estimate of drug-likeness (QED) is 0.783. The van der Waals surface area contributed by atoms with Crippen LogP contribution in [-0.2, 0) is 14.8 Å². The number of hydrogen-bond acceptors (Lipinski definition) is 3. The molecule has 0 aromatic carbocycles. The molecule has 1 atom stereocenters. The molecule has 1 unspecified atom stereocenters. The smallest absolute Gasteiger partial charge is 0.323 e. The summed E-state index contributed by atoms with van der Waals surface area (Å²) in [6, 6.07) is 0. The number of nitrogens with zero attached hydrogens (tertiary/aromatic N) is 1. The lowest BCUT2D eigenvalue weighted by atomic mass is 9.97. The largest absolute Gasteiger partial charge is 0.480 e. The number of carboxylic acid groups (broad SMARTS) is 1. The molecule has 0 aliphatic rings. The fraction of sp³-hybridized carbons (Fsp3) is 0.889. The van der Waals surface area contributed by atoms with Gasteiger partial charge in [0.2, 0.25) is 10.0 Å². The molecule has 90 valence electrons. The van der Waals surface area contributed by atoms with E-state index in [0.717, 1.165) is 4.31 Å². The van der Waals surface area contributed by atoms with Crippen molar-refractivity contribution in [2.75, 3.05) is 13.6 Å². The van der Waals surface area contributed by atoms with Crippen molar-refractivity contribution in [3.8, 4) is 0 Å². The molecule has 6 heteroatoms. The highest BCUT2D eigenvalue weighted by Crippen LogP contribution is 2.18. The highest BCUT2D eigenvalue weighted by Gasteiger charge is 2.33. The van der Waals surface area contributed by atoms with Gasteiger partial charge in [-0.2, -0.15) is 0 Å². The number of rotatable bonds is 4. The van der Waals surface area contributed by atoms with Gasteiger partial charge in [-0.3, -0.25) is 4.79 Å². The highest BCUT2D eigenvalue weighted by molar-refractivity contribution is 7.90. The van der Waals surface area contributed by atoms with Crippen LogP contribution in [0.4, 0.5) is 0 Å². The minimum Gasteiger partial charge on any atom is -0.480 e. The van der Waals surface area contributed by atoms with E-state index >= 15 is 0 Å². The Morgan fingerprint density at radius 3 is 2.07 bits per heavy atom. The van der Waals surface area contributed by atoms with Crippen LogP contribution in [0.25, 0.3) is 0 Å². The van der Waals surface area contributed by atoms with Gasteiger partial charge in [0.15, 0.2) is 5.25 Å². The first-order valence-corrected chi connectivity index (χ1v) is 6.17. The first-order chi connectivity index (χ1) is 6.48. The van der Waals surface area contributed by atoms with E-state index in [1.807, 2.05) is 20.8 Å². The average molecular weight is 237 g/mol. The molecular weight excluding hydrogens is 218 g/mol. The number of aliphatic carboxylic acids is 1. The van der Waals surface area contributed by atoms with Crippen LogP contribution in [0.1, 0.15) is 27.7 Å². The summed E-state index contributed by atoms with van der Waals surface area (Å²) in [6.07, 6.45) is 0. The van der Waals surface area contributed by atoms with Gasteiger partial charge >= 0.3 is 5.97 Å². The SMILES string of the molecule is CC(C(=O)O)S(=O)(=O)N(C)CC(C)(C)C. The molecule has 0 bridgehead atoms. The van der Waals surface area contributed by atoms with Crippen molar-refractivity contribution in [3.63, 3.8) is 0 Å². The van der Waals surface area contributed by atoms with Crippen LogP contribution in [0.2, 0.25) is 0 Å². The molecular formula is C9H19NO4S. The fourth-order valence-corrected chi connectivity index (χ4v) is 2.52. The van der Waals surface area contributed by atoms with Gasteiger partial charge in [0, 0.05) is 13.6 Å². The maximum absolute atomic E-state index is 11.7. The summed E-state index contributed by atoms with van der Waals surface area (Å²) >= 11 is 0. The predicted molar refractivity (Wildman–Crippen MR) is 58.1 cm³/mol. The van der Waals surface area contributed by atoms with E-state index in [2.05, 4.69) is 0 Å². The zero-order valence-corrected chi connectivity index (χ0v) is 10.6. The molecule has 1 N–H and O–H groups in total. The van der Waals surface area contributed by atoms with Crippen LogP contribution < -0.4 is 0 Å². The van der Waals surface area contributed by atoms with E-state index in [0.29, 0.717) is 6.54 Å². The summed E-state index contributed by atoms with van der Waals surface area (Å²) < 4.78 is 24.5. The summed E-state index contributed by atoms with van der Waals surface area (Å²) in [5.41, 5.74) is -0.194. The second-order valence-electron chi connectivity index (χ2n) is 4.84. The molecule has 0 heterocycles. The maximum atomic E-state index is 11.7. The fourth-order valence-electron chi connectivity index (χ4n) is 1.16. The van der Waals surface area contributed by atoms with Crippen LogP contribution in [-0.4, -0.2) is 42.6 Å². The van der Waals surface area contributed by atoms with Crippen LogP contribution in [0, 0.1) is 5.41 Å². The second kappa shape index (κ2) is 4.49. The standard InChI is InChI=1S/C9H19NO4S/c1-7(8(11)12)15(13,14)10(5)6-9(2,3)4/h7H,6H2,1-5H3,(H,11,12). The molecule has 15 heavy (non-hydrogen) atoms. The molecule has 0 aliphatic carbocycles. The highest BCUT2D eigenvalue weighted by atomic mass is 32.2. The summed E-state index contributed by atoms with van der Waals surface area (Å²) in [4.78, 5) is 10.6. The van der Waals surface area contributed by atoms with Gasteiger partial charge in [-0.1, -0.05) is 20.8 Å². The summed E-state index contributed by atoms with van der Waals surface area (Å²) in [5, 5.41) is 7.26. The minimum absolute atomic E-state index is 0.194. The van der Waals surface area contributed by atoms with Crippen molar-refractivity contribution in [1.82, 2.24) is 4.31 Å². The topological polar surface area (TPSA) is 74.7 Å². The number of carboxylic acids is 1. The molecule has 0 aromatic rings. The summed E-state index contributed by atoms with van der Waals surface area (Å²) in [5.74, 6) is -1.32. The summed E-state index contributed by atoms with van der Waals surface area (Å²) in [6.45, 7) is 7.16. The van der Waals surface area contributed by atoms with Gasteiger partial charge in [0.1, 0.15) is 0 Å².